The molecule has 1 rings (SSSR count). The summed E-state index contributed by atoms with van der Waals surface area (Å²) in [6.45, 7) is 2.49. The summed E-state index contributed by atoms with van der Waals surface area (Å²) in [6, 6.07) is 0.0210. The van der Waals surface area contributed by atoms with Crippen LogP contribution in [0.1, 0.15) is 45.4 Å². The van der Waals surface area contributed by atoms with Gasteiger partial charge < -0.3 is 16.2 Å². The third kappa shape index (κ3) is 4.64. The predicted molar refractivity (Wildman–Crippen MR) is 69.0 cm³/mol. The number of hydrogen-bond donors (Lipinski definition) is 3. The minimum Gasteiger partial charge on any atom is -0.481 e. The van der Waals surface area contributed by atoms with Gasteiger partial charge in [-0.1, -0.05) is 13.3 Å². The van der Waals surface area contributed by atoms with Gasteiger partial charge in [0, 0.05) is 12.0 Å². The second kappa shape index (κ2) is 7.36. The van der Waals surface area contributed by atoms with Crippen LogP contribution in [-0.2, 0) is 9.59 Å². The largest absolute Gasteiger partial charge is 0.481 e. The number of aliphatic carboxylic acids is 1. The molecule has 5 nitrogen and oxygen atoms in total. The summed E-state index contributed by atoms with van der Waals surface area (Å²) in [4.78, 5) is 22.8. The van der Waals surface area contributed by atoms with Crippen molar-refractivity contribution in [2.45, 2.75) is 51.5 Å². The molecule has 3 atom stereocenters. The highest BCUT2D eigenvalue weighted by molar-refractivity contribution is 5.78. The highest BCUT2D eigenvalue weighted by Crippen LogP contribution is 2.24. The lowest BCUT2D eigenvalue weighted by atomic mass is 9.85. The normalized spacial score (nSPS) is 25.4. The van der Waals surface area contributed by atoms with E-state index in [1.807, 2.05) is 6.92 Å². The summed E-state index contributed by atoms with van der Waals surface area (Å²) in [6.07, 6.45) is 4.68. The Hall–Kier alpha value is -1.10. The summed E-state index contributed by atoms with van der Waals surface area (Å²) < 4.78 is 0. The average Bonchev–Trinajstić information content (AvgIpc) is 2.36. The first-order valence-electron chi connectivity index (χ1n) is 6.77. The van der Waals surface area contributed by atoms with E-state index in [0.29, 0.717) is 13.0 Å². The Labute approximate surface area is 108 Å². The molecule has 0 spiro atoms. The molecule has 1 aliphatic carbocycles. The molecule has 1 aliphatic rings. The van der Waals surface area contributed by atoms with Crippen molar-refractivity contribution < 1.29 is 14.7 Å². The Balaban J connectivity index is 2.37. The first-order chi connectivity index (χ1) is 8.54. The molecule has 1 fully saturated rings. The zero-order valence-corrected chi connectivity index (χ0v) is 11.0. The number of carbonyl (C=O) groups excluding carboxylic acids is 1. The second-order valence-electron chi connectivity index (χ2n) is 5.24. The van der Waals surface area contributed by atoms with Gasteiger partial charge >= 0.3 is 5.97 Å². The van der Waals surface area contributed by atoms with Crippen molar-refractivity contribution in [2.75, 3.05) is 6.54 Å². The zero-order chi connectivity index (χ0) is 13.5. The van der Waals surface area contributed by atoms with Gasteiger partial charge in [-0.25, -0.2) is 0 Å². The summed E-state index contributed by atoms with van der Waals surface area (Å²) in [7, 11) is 0. The maximum absolute atomic E-state index is 11.9. The van der Waals surface area contributed by atoms with Crippen molar-refractivity contribution in [2.24, 2.45) is 17.6 Å². The van der Waals surface area contributed by atoms with Crippen molar-refractivity contribution in [3.8, 4) is 0 Å². The van der Waals surface area contributed by atoms with E-state index in [4.69, 9.17) is 10.8 Å². The van der Waals surface area contributed by atoms with Gasteiger partial charge in [0.25, 0.3) is 0 Å². The van der Waals surface area contributed by atoms with Crippen molar-refractivity contribution in [3.63, 3.8) is 0 Å². The molecule has 18 heavy (non-hydrogen) atoms. The van der Waals surface area contributed by atoms with E-state index in [-0.39, 0.29) is 23.8 Å². The molecule has 0 aromatic heterocycles. The van der Waals surface area contributed by atoms with Crippen LogP contribution in [-0.4, -0.2) is 29.6 Å². The van der Waals surface area contributed by atoms with Gasteiger partial charge in [0.05, 0.1) is 5.92 Å². The summed E-state index contributed by atoms with van der Waals surface area (Å²) >= 11 is 0. The Morgan fingerprint density at radius 3 is 2.78 bits per heavy atom. The number of carboxylic acids is 1. The maximum atomic E-state index is 11.9. The van der Waals surface area contributed by atoms with E-state index in [1.165, 1.54) is 0 Å². The van der Waals surface area contributed by atoms with E-state index >= 15 is 0 Å². The van der Waals surface area contributed by atoms with E-state index in [9.17, 15) is 9.59 Å². The van der Waals surface area contributed by atoms with E-state index in [1.54, 1.807) is 0 Å². The molecule has 5 heteroatoms. The van der Waals surface area contributed by atoms with Crippen LogP contribution in [0, 0.1) is 11.8 Å². The zero-order valence-electron chi connectivity index (χ0n) is 11.0. The van der Waals surface area contributed by atoms with E-state index in [2.05, 4.69) is 5.32 Å². The van der Waals surface area contributed by atoms with Crippen molar-refractivity contribution in [1.82, 2.24) is 5.32 Å². The number of nitrogens with two attached hydrogens (primary N) is 1. The SMILES string of the molecule is CC(CCCN)C(=O)N[C@@H]1CCC[C@H](C(=O)O)C1. The van der Waals surface area contributed by atoms with Gasteiger partial charge in [0.1, 0.15) is 0 Å². The van der Waals surface area contributed by atoms with Gasteiger partial charge in [0.2, 0.25) is 5.91 Å². The maximum Gasteiger partial charge on any atom is 0.306 e. The third-order valence-electron chi connectivity index (χ3n) is 3.66. The van der Waals surface area contributed by atoms with Crippen LogP contribution in [0.5, 0.6) is 0 Å². The van der Waals surface area contributed by atoms with Crippen LogP contribution in [0.2, 0.25) is 0 Å². The molecule has 0 aromatic carbocycles. The topological polar surface area (TPSA) is 92.4 Å². The lowest BCUT2D eigenvalue weighted by Crippen LogP contribution is -2.42. The number of nitrogens with one attached hydrogen (secondary N) is 1. The molecule has 0 radical (unpaired) electrons. The predicted octanol–water partition coefficient (Wildman–Crippen LogP) is 1.12. The standard InChI is InChI=1S/C13H24N2O3/c1-9(4-3-7-14)12(16)15-11-6-2-5-10(8-11)13(17)18/h9-11H,2-8,14H2,1H3,(H,15,16)(H,17,18)/t9?,10-,11+/m0/s1. The monoisotopic (exact) mass is 256 g/mol. The average molecular weight is 256 g/mol. The van der Waals surface area contributed by atoms with Gasteiger partial charge in [-0.15, -0.1) is 0 Å². The van der Waals surface area contributed by atoms with E-state index < -0.39 is 5.97 Å². The Kier molecular flexibility index (Phi) is 6.12. The molecule has 1 unspecified atom stereocenters. The molecular formula is C13H24N2O3. The fourth-order valence-corrected chi connectivity index (χ4v) is 2.44. The highest BCUT2D eigenvalue weighted by Gasteiger charge is 2.28. The van der Waals surface area contributed by atoms with Gasteiger partial charge in [0.15, 0.2) is 0 Å². The van der Waals surface area contributed by atoms with Crippen LogP contribution >= 0.6 is 0 Å². The van der Waals surface area contributed by atoms with Crippen molar-refractivity contribution in [1.29, 1.82) is 0 Å². The molecule has 0 saturated heterocycles. The van der Waals surface area contributed by atoms with Crippen molar-refractivity contribution >= 4 is 11.9 Å². The van der Waals surface area contributed by atoms with Crippen LogP contribution in [0.25, 0.3) is 0 Å². The molecule has 0 aliphatic heterocycles. The number of rotatable bonds is 6. The Bertz CT molecular complexity index is 294. The third-order valence-corrected chi connectivity index (χ3v) is 3.66. The molecule has 1 saturated carbocycles. The number of carboxylic acid groups (broad SMARTS) is 1. The van der Waals surface area contributed by atoms with Gasteiger partial charge in [-0.3, -0.25) is 9.59 Å². The minimum absolute atomic E-state index is 0.0210. The highest BCUT2D eigenvalue weighted by atomic mass is 16.4. The number of carbonyl (C=O) groups is 2. The van der Waals surface area contributed by atoms with Crippen LogP contribution in [0.4, 0.5) is 0 Å². The second-order valence-corrected chi connectivity index (χ2v) is 5.24. The first kappa shape index (κ1) is 15.0. The summed E-state index contributed by atoms with van der Waals surface area (Å²) in [5.41, 5.74) is 5.42. The molecule has 0 aromatic rings. The lowest BCUT2D eigenvalue weighted by molar-refractivity contribution is -0.143. The fraction of sp³-hybridized carbons (Fsp3) is 0.846. The molecule has 4 N–H and O–H groups in total. The van der Waals surface area contributed by atoms with Gasteiger partial charge in [-0.05, 0) is 38.6 Å². The fourth-order valence-electron chi connectivity index (χ4n) is 2.44. The van der Waals surface area contributed by atoms with Crippen LogP contribution in [0.3, 0.4) is 0 Å². The molecule has 1 amide bonds. The van der Waals surface area contributed by atoms with Crippen LogP contribution in [0.15, 0.2) is 0 Å². The molecular weight excluding hydrogens is 232 g/mol. The van der Waals surface area contributed by atoms with E-state index in [0.717, 1.165) is 32.1 Å². The first-order valence-corrected chi connectivity index (χ1v) is 6.77. The van der Waals surface area contributed by atoms with Crippen molar-refractivity contribution in [3.05, 3.63) is 0 Å². The smallest absolute Gasteiger partial charge is 0.306 e. The quantitative estimate of drug-likeness (QED) is 0.664. The Morgan fingerprint density at radius 2 is 2.17 bits per heavy atom. The Morgan fingerprint density at radius 1 is 1.44 bits per heavy atom. The van der Waals surface area contributed by atoms with Gasteiger partial charge in [-0.2, -0.15) is 0 Å². The molecule has 0 bridgehead atoms. The number of hydrogen-bond acceptors (Lipinski definition) is 3. The summed E-state index contributed by atoms with van der Waals surface area (Å²) in [5.74, 6) is -1.06. The minimum atomic E-state index is -0.745. The summed E-state index contributed by atoms with van der Waals surface area (Å²) in [5, 5.41) is 12.0. The molecule has 104 valence electrons. The lowest BCUT2D eigenvalue weighted by Gasteiger charge is -2.28. The van der Waals surface area contributed by atoms with Crippen LogP contribution < -0.4 is 11.1 Å². The molecule has 0 heterocycles. The number of amides is 1.